The topological polar surface area (TPSA) is 41.1 Å². The van der Waals surface area contributed by atoms with Gasteiger partial charge in [0.15, 0.2) is 0 Å². The molecule has 0 aliphatic rings. The summed E-state index contributed by atoms with van der Waals surface area (Å²) in [6.07, 6.45) is 0.925. The molecular formula is C18H22N2O. The molecule has 0 bridgehead atoms. The third-order valence-electron chi connectivity index (χ3n) is 3.35. The average molecular weight is 282 g/mol. The summed E-state index contributed by atoms with van der Waals surface area (Å²) < 4.78 is 0. The van der Waals surface area contributed by atoms with E-state index in [4.69, 9.17) is 0 Å². The maximum Gasteiger partial charge on any atom is 0.315 e. The lowest BCUT2D eigenvalue weighted by Gasteiger charge is -2.20. The predicted octanol–water partition coefficient (Wildman–Crippen LogP) is 3.79. The normalized spacial score (nSPS) is 11.7. The van der Waals surface area contributed by atoms with E-state index in [1.54, 1.807) is 0 Å². The fraction of sp³-hybridized carbons (Fsp3) is 0.278. The Bertz CT molecular complexity index is 564. The fourth-order valence-corrected chi connectivity index (χ4v) is 2.18. The summed E-state index contributed by atoms with van der Waals surface area (Å²) in [5.41, 5.74) is 3.37. The number of rotatable bonds is 5. The van der Waals surface area contributed by atoms with E-state index in [-0.39, 0.29) is 12.1 Å². The molecule has 3 heteroatoms. The van der Waals surface area contributed by atoms with Crippen molar-refractivity contribution in [2.24, 2.45) is 0 Å². The summed E-state index contributed by atoms with van der Waals surface area (Å²) >= 11 is 0. The Morgan fingerprint density at radius 1 is 1.00 bits per heavy atom. The first-order valence-electron chi connectivity index (χ1n) is 7.36. The number of urea groups is 1. The number of benzene rings is 2. The summed E-state index contributed by atoms with van der Waals surface area (Å²) in [6.45, 7) is 4.78. The second-order valence-electron chi connectivity index (χ2n) is 5.15. The maximum absolute atomic E-state index is 12.0. The van der Waals surface area contributed by atoms with Gasteiger partial charge in [-0.05, 0) is 24.5 Å². The highest BCUT2D eigenvalue weighted by atomic mass is 16.2. The van der Waals surface area contributed by atoms with Crippen LogP contribution < -0.4 is 10.6 Å². The SMILES string of the molecule is CCCNC(=O)NC(c1ccccc1)c1ccc(C)cc1. The smallest absolute Gasteiger partial charge is 0.315 e. The number of hydrogen-bond acceptors (Lipinski definition) is 1. The van der Waals surface area contributed by atoms with Crippen LogP contribution in [0.2, 0.25) is 0 Å². The van der Waals surface area contributed by atoms with Gasteiger partial charge in [0.1, 0.15) is 0 Å². The van der Waals surface area contributed by atoms with Gasteiger partial charge in [-0.3, -0.25) is 0 Å². The standard InChI is InChI=1S/C18H22N2O/c1-3-13-19-18(21)20-17(15-7-5-4-6-8-15)16-11-9-14(2)10-12-16/h4-12,17H,3,13H2,1-2H3,(H2,19,20,21). The van der Waals surface area contributed by atoms with Gasteiger partial charge in [0.05, 0.1) is 6.04 Å². The Labute approximate surface area is 126 Å². The van der Waals surface area contributed by atoms with E-state index in [0.29, 0.717) is 6.54 Å². The molecule has 21 heavy (non-hydrogen) atoms. The van der Waals surface area contributed by atoms with Crippen LogP contribution in [-0.2, 0) is 0 Å². The van der Waals surface area contributed by atoms with Crippen LogP contribution in [0, 0.1) is 6.92 Å². The van der Waals surface area contributed by atoms with E-state index in [1.807, 2.05) is 37.3 Å². The van der Waals surface area contributed by atoms with Gasteiger partial charge in [-0.15, -0.1) is 0 Å². The van der Waals surface area contributed by atoms with Crippen LogP contribution in [0.1, 0.15) is 36.1 Å². The van der Waals surface area contributed by atoms with E-state index in [9.17, 15) is 4.79 Å². The van der Waals surface area contributed by atoms with E-state index < -0.39 is 0 Å². The van der Waals surface area contributed by atoms with Gasteiger partial charge in [-0.2, -0.15) is 0 Å². The summed E-state index contributed by atoms with van der Waals surface area (Å²) in [6, 6.07) is 18.0. The van der Waals surface area contributed by atoms with Crippen molar-refractivity contribution >= 4 is 6.03 Å². The molecule has 0 saturated carbocycles. The molecule has 0 aromatic heterocycles. The number of carbonyl (C=O) groups excluding carboxylic acids is 1. The summed E-state index contributed by atoms with van der Waals surface area (Å²) in [4.78, 5) is 12.0. The molecule has 2 amide bonds. The molecule has 0 radical (unpaired) electrons. The van der Waals surface area contributed by atoms with Crippen molar-refractivity contribution < 1.29 is 4.79 Å². The van der Waals surface area contributed by atoms with E-state index in [0.717, 1.165) is 17.5 Å². The zero-order valence-corrected chi connectivity index (χ0v) is 12.6. The molecule has 2 aromatic carbocycles. The predicted molar refractivity (Wildman–Crippen MR) is 86.3 cm³/mol. The second kappa shape index (κ2) is 7.48. The zero-order chi connectivity index (χ0) is 15.1. The molecule has 0 spiro atoms. The van der Waals surface area contributed by atoms with Gasteiger partial charge in [0, 0.05) is 6.54 Å². The molecule has 3 nitrogen and oxygen atoms in total. The average Bonchev–Trinajstić information content (AvgIpc) is 2.52. The minimum Gasteiger partial charge on any atom is -0.338 e. The van der Waals surface area contributed by atoms with Crippen LogP contribution in [0.3, 0.4) is 0 Å². The van der Waals surface area contributed by atoms with Crippen molar-refractivity contribution in [1.82, 2.24) is 10.6 Å². The quantitative estimate of drug-likeness (QED) is 0.860. The molecule has 2 rings (SSSR count). The molecule has 0 saturated heterocycles. The minimum absolute atomic E-state index is 0.133. The third kappa shape index (κ3) is 4.35. The number of carbonyl (C=O) groups is 1. The fourth-order valence-electron chi connectivity index (χ4n) is 2.18. The molecule has 1 unspecified atom stereocenters. The molecule has 2 N–H and O–H groups in total. The van der Waals surface area contributed by atoms with E-state index >= 15 is 0 Å². The Morgan fingerprint density at radius 3 is 2.24 bits per heavy atom. The monoisotopic (exact) mass is 282 g/mol. The van der Waals surface area contributed by atoms with Crippen molar-refractivity contribution in [3.63, 3.8) is 0 Å². The Balaban J connectivity index is 2.22. The van der Waals surface area contributed by atoms with Crippen molar-refractivity contribution in [3.05, 3.63) is 71.3 Å². The molecule has 0 fully saturated rings. The summed E-state index contributed by atoms with van der Waals surface area (Å²) in [7, 11) is 0. The molecule has 2 aromatic rings. The lowest BCUT2D eigenvalue weighted by atomic mass is 9.98. The van der Waals surface area contributed by atoms with Crippen molar-refractivity contribution in [2.45, 2.75) is 26.3 Å². The van der Waals surface area contributed by atoms with Gasteiger partial charge < -0.3 is 10.6 Å². The highest BCUT2D eigenvalue weighted by molar-refractivity contribution is 5.75. The van der Waals surface area contributed by atoms with Crippen LogP contribution in [0.5, 0.6) is 0 Å². The molecule has 110 valence electrons. The first-order valence-corrected chi connectivity index (χ1v) is 7.36. The number of hydrogen-bond donors (Lipinski definition) is 2. The number of nitrogens with one attached hydrogen (secondary N) is 2. The molecule has 0 aliphatic heterocycles. The molecular weight excluding hydrogens is 260 g/mol. The number of amides is 2. The number of aryl methyl sites for hydroxylation is 1. The van der Waals surface area contributed by atoms with Crippen molar-refractivity contribution in [3.8, 4) is 0 Å². The van der Waals surface area contributed by atoms with Gasteiger partial charge in [-0.1, -0.05) is 67.1 Å². The first kappa shape index (κ1) is 15.1. The molecule has 0 aliphatic carbocycles. The van der Waals surface area contributed by atoms with Crippen LogP contribution in [0.15, 0.2) is 54.6 Å². The molecule has 0 heterocycles. The van der Waals surface area contributed by atoms with Crippen LogP contribution in [0.4, 0.5) is 4.79 Å². The van der Waals surface area contributed by atoms with Gasteiger partial charge >= 0.3 is 6.03 Å². The lowest BCUT2D eigenvalue weighted by Crippen LogP contribution is -2.38. The van der Waals surface area contributed by atoms with Crippen molar-refractivity contribution in [1.29, 1.82) is 0 Å². The third-order valence-corrected chi connectivity index (χ3v) is 3.35. The van der Waals surface area contributed by atoms with Gasteiger partial charge in [-0.25, -0.2) is 4.79 Å². The largest absolute Gasteiger partial charge is 0.338 e. The Morgan fingerprint density at radius 2 is 1.62 bits per heavy atom. The van der Waals surface area contributed by atoms with E-state index in [1.165, 1.54) is 5.56 Å². The summed E-state index contributed by atoms with van der Waals surface area (Å²) in [5.74, 6) is 0. The van der Waals surface area contributed by atoms with Crippen LogP contribution >= 0.6 is 0 Å². The van der Waals surface area contributed by atoms with Gasteiger partial charge in [0.25, 0.3) is 0 Å². The Kier molecular flexibility index (Phi) is 5.38. The van der Waals surface area contributed by atoms with Crippen LogP contribution in [0.25, 0.3) is 0 Å². The second-order valence-corrected chi connectivity index (χ2v) is 5.15. The maximum atomic E-state index is 12.0. The lowest BCUT2D eigenvalue weighted by molar-refractivity contribution is 0.238. The Hall–Kier alpha value is -2.29. The van der Waals surface area contributed by atoms with Crippen LogP contribution in [-0.4, -0.2) is 12.6 Å². The minimum atomic E-state index is -0.136. The molecule has 1 atom stereocenters. The zero-order valence-electron chi connectivity index (χ0n) is 12.6. The van der Waals surface area contributed by atoms with E-state index in [2.05, 4.69) is 41.8 Å². The highest BCUT2D eigenvalue weighted by Gasteiger charge is 2.16. The first-order chi connectivity index (χ1) is 10.2. The highest BCUT2D eigenvalue weighted by Crippen LogP contribution is 2.22. The van der Waals surface area contributed by atoms with Crippen molar-refractivity contribution in [2.75, 3.05) is 6.54 Å². The van der Waals surface area contributed by atoms with Gasteiger partial charge in [0.2, 0.25) is 0 Å². The summed E-state index contributed by atoms with van der Waals surface area (Å²) in [5, 5.41) is 5.92.